The highest BCUT2D eigenvalue weighted by atomic mass is 32.1. The third-order valence-electron chi connectivity index (χ3n) is 3.13. The summed E-state index contributed by atoms with van der Waals surface area (Å²) in [6.45, 7) is 0.399. The number of nitrogens with one attached hydrogen (secondary N) is 2. The van der Waals surface area contributed by atoms with Crippen LogP contribution in [0.4, 0.5) is 8.78 Å². The fourth-order valence-corrected chi connectivity index (χ4v) is 2.38. The summed E-state index contributed by atoms with van der Waals surface area (Å²) >= 11 is 5.16. The lowest BCUT2D eigenvalue weighted by Gasteiger charge is -2.15. The van der Waals surface area contributed by atoms with Gasteiger partial charge in [-0.1, -0.05) is 18.9 Å². The number of thiocarbonyl (C=S) groups is 1. The Labute approximate surface area is 111 Å². The molecule has 0 radical (unpaired) electrons. The zero-order chi connectivity index (χ0) is 13.0. The van der Waals surface area contributed by atoms with Gasteiger partial charge < -0.3 is 10.6 Å². The zero-order valence-electron chi connectivity index (χ0n) is 10.0. The van der Waals surface area contributed by atoms with Crippen LogP contribution >= 0.6 is 12.2 Å². The molecular formula is C13H16F2N2S. The zero-order valence-corrected chi connectivity index (χ0v) is 10.8. The van der Waals surface area contributed by atoms with Crippen LogP contribution in [-0.2, 0) is 6.54 Å². The minimum Gasteiger partial charge on any atom is -0.360 e. The number of halogens is 2. The van der Waals surface area contributed by atoms with Crippen molar-refractivity contribution >= 4 is 17.3 Å². The molecule has 98 valence electrons. The van der Waals surface area contributed by atoms with E-state index in [2.05, 4.69) is 10.6 Å². The van der Waals surface area contributed by atoms with Crippen LogP contribution in [0.1, 0.15) is 31.2 Å². The first-order chi connectivity index (χ1) is 8.65. The van der Waals surface area contributed by atoms with Crippen LogP contribution in [0.15, 0.2) is 18.2 Å². The molecule has 0 amide bonds. The molecule has 0 heterocycles. The van der Waals surface area contributed by atoms with Crippen molar-refractivity contribution in [3.8, 4) is 0 Å². The van der Waals surface area contributed by atoms with Gasteiger partial charge in [0.15, 0.2) is 16.7 Å². The Kier molecular flexibility index (Phi) is 4.47. The second-order valence-corrected chi connectivity index (χ2v) is 4.97. The molecule has 1 saturated carbocycles. The summed E-state index contributed by atoms with van der Waals surface area (Å²) in [5.74, 6) is -1.66. The second kappa shape index (κ2) is 6.09. The van der Waals surface area contributed by atoms with Crippen molar-refractivity contribution < 1.29 is 8.78 Å². The van der Waals surface area contributed by atoms with Crippen LogP contribution in [0.25, 0.3) is 0 Å². The van der Waals surface area contributed by atoms with Crippen LogP contribution in [0.2, 0.25) is 0 Å². The van der Waals surface area contributed by atoms with Gasteiger partial charge in [-0.3, -0.25) is 0 Å². The average molecular weight is 270 g/mol. The maximum absolute atomic E-state index is 13.0. The monoisotopic (exact) mass is 270 g/mol. The molecule has 1 aliphatic carbocycles. The maximum Gasteiger partial charge on any atom is 0.166 e. The molecule has 0 atom stereocenters. The van der Waals surface area contributed by atoms with E-state index in [1.165, 1.54) is 18.9 Å². The van der Waals surface area contributed by atoms with Gasteiger partial charge in [-0.25, -0.2) is 8.78 Å². The molecule has 0 saturated heterocycles. The molecule has 5 heteroatoms. The van der Waals surface area contributed by atoms with E-state index in [0.717, 1.165) is 18.9 Å². The predicted octanol–water partition coefficient (Wildman–Crippen LogP) is 2.87. The summed E-state index contributed by atoms with van der Waals surface area (Å²) in [7, 11) is 0. The molecule has 0 aromatic heterocycles. The smallest absolute Gasteiger partial charge is 0.166 e. The van der Waals surface area contributed by atoms with Crippen molar-refractivity contribution in [2.75, 3.05) is 0 Å². The lowest BCUT2D eigenvalue weighted by atomic mass is 10.2. The van der Waals surface area contributed by atoms with E-state index in [1.54, 1.807) is 6.07 Å². The highest BCUT2D eigenvalue weighted by Crippen LogP contribution is 2.17. The molecule has 1 fully saturated rings. The summed E-state index contributed by atoms with van der Waals surface area (Å²) in [6, 6.07) is 4.30. The Morgan fingerprint density at radius 3 is 2.61 bits per heavy atom. The Hall–Kier alpha value is -1.23. The standard InChI is InChI=1S/C13H16F2N2S/c14-11-6-5-9(7-12(11)15)8-16-13(18)17-10-3-1-2-4-10/h5-7,10H,1-4,8H2,(H2,16,17,18). The Balaban J connectivity index is 1.79. The first kappa shape index (κ1) is 13.2. The molecule has 0 unspecified atom stereocenters. The number of hydrogen-bond acceptors (Lipinski definition) is 1. The van der Waals surface area contributed by atoms with Gasteiger partial charge in [0, 0.05) is 12.6 Å². The van der Waals surface area contributed by atoms with Crippen LogP contribution < -0.4 is 10.6 Å². The fourth-order valence-electron chi connectivity index (χ4n) is 2.14. The number of benzene rings is 1. The van der Waals surface area contributed by atoms with Crippen LogP contribution in [0, 0.1) is 11.6 Å². The van der Waals surface area contributed by atoms with Gasteiger partial charge in [0.25, 0.3) is 0 Å². The van der Waals surface area contributed by atoms with Gasteiger partial charge in [0.1, 0.15) is 0 Å². The maximum atomic E-state index is 13.0. The summed E-state index contributed by atoms with van der Waals surface area (Å²) in [6.07, 6.45) is 4.77. The molecule has 1 aromatic rings. The van der Waals surface area contributed by atoms with Crippen molar-refractivity contribution in [2.24, 2.45) is 0 Å². The third kappa shape index (κ3) is 3.63. The van der Waals surface area contributed by atoms with E-state index >= 15 is 0 Å². The third-order valence-corrected chi connectivity index (χ3v) is 3.39. The molecule has 0 bridgehead atoms. The fraction of sp³-hybridized carbons (Fsp3) is 0.462. The molecule has 18 heavy (non-hydrogen) atoms. The predicted molar refractivity (Wildman–Crippen MR) is 71.2 cm³/mol. The van der Waals surface area contributed by atoms with Gasteiger partial charge in [-0.15, -0.1) is 0 Å². The molecule has 2 rings (SSSR count). The number of hydrogen-bond donors (Lipinski definition) is 2. The largest absolute Gasteiger partial charge is 0.360 e. The highest BCUT2D eigenvalue weighted by molar-refractivity contribution is 7.80. The van der Waals surface area contributed by atoms with Gasteiger partial charge in [0.2, 0.25) is 0 Å². The van der Waals surface area contributed by atoms with E-state index in [4.69, 9.17) is 12.2 Å². The van der Waals surface area contributed by atoms with Crippen LogP contribution in [0.3, 0.4) is 0 Å². The molecule has 2 nitrogen and oxygen atoms in total. The van der Waals surface area contributed by atoms with Gasteiger partial charge >= 0.3 is 0 Å². The molecule has 1 aliphatic rings. The molecule has 2 N–H and O–H groups in total. The van der Waals surface area contributed by atoms with Crippen LogP contribution in [0.5, 0.6) is 0 Å². The second-order valence-electron chi connectivity index (χ2n) is 4.56. The van der Waals surface area contributed by atoms with Crippen molar-refractivity contribution in [1.29, 1.82) is 0 Å². The Bertz CT molecular complexity index is 431. The summed E-state index contributed by atoms with van der Waals surface area (Å²) in [4.78, 5) is 0. The minimum absolute atomic E-state index is 0.399. The Morgan fingerprint density at radius 2 is 1.94 bits per heavy atom. The van der Waals surface area contributed by atoms with Gasteiger partial charge in [0.05, 0.1) is 0 Å². The minimum atomic E-state index is -0.830. The van der Waals surface area contributed by atoms with E-state index in [0.29, 0.717) is 23.3 Å². The Morgan fingerprint density at radius 1 is 1.22 bits per heavy atom. The van der Waals surface area contributed by atoms with E-state index in [1.807, 2.05) is 0 Å². The van der Waals surface area contributed by atoms with Gasteiger partial charge in [-0.2, -0.15) is 0 Å². The van der Waals surface area contributed by atoms with E-state index in [9.17, 15) is 8.78 Å². The summed E-state index contributed by atoms with van der Waals surface area (Å²) in [5.41, 5.74) is 0.671. The van der Waals surface area contributed by atoms with Crippen molar-refractivity contribution in [3.05, 3.63) is 35.4 Å². The molecule has 0 spiro atoms. The van der Waals surface area contributed by atoms with E-state index < -0.39 is 11.6 Å². The van der Waals surface area contributed by atoms with E-state index in [-0.39, 0.29) is 0 Å². The SMILES string of the molecule is Fc1ccc(CNC(=S)NC2CCCC2)cc1F. The first-order valence-corrected chi connectivity index (χ1v) is 6.54. The quantitative estimate of drug-likeness (QED) is 0.826. The normalized spacial score (nSPS) is 15.7. The topological polar surface area (TPSA) is 24.1 Å². The number of rotatable bonds is 3. The lowest BCUT2D eigenvalue weighted by Crippen LogP contribution is -2.40. The van der Waals surface area contributed by atoms with Crippen molar-refractivity contribution in [2.45, 2.75) is 38.3 Å². The highest BCUT2D eigenvalue weighted by Gasteiger charge is 2.15. The molecule has 0 aliphatic heterocycles. The average Bonchev–Trinajstić information content (AvgIpc) is 2.83. The van der Waals surface area contributed by atoms with Crippen LogP contribution in [-0.4, -0.2) is 11.2 Å². The summed E-state index contributed by atoms with van der Waals surface area (Å²) in [5, 5.41) is 6.81. The molecular weight excluding hydrogens is 254 g/mol. The lowest BCUT2D eigenvalue weighted by molar-refractivity contribution is 0.506. The first-order valence-electron chi connectivity index (χ1n) is 6.13. The van der Waals surface area contributed by atoms with Gasteiger partial charge in [-0.05, 0) is 42.8 Å². The van der Waals surface area contributed by atoms with Crippen molar-refractivity contribution in [3.63, 3.8) is 0 Å². The molecule has 1 aromatic carbocycles. The summed E-state index contributed by atoms with van der Waals surface area (Å²) < 4.78 is 25.7. The van der Waals surface area contributed by atoms with Crippen molar-refractivity contribution in [1.82, 2.24) is 10.6 Å².